The molecule has 0 saturated heterocycles. The molecule has 1 aromatic heterocycles. The second kappa shape index (κ2) is 16.5. The lowest BCUT2D eigenvalue weighted by molar-refractivity contribution is -0.142. The van der Waals surface area contributed by atoms with E-state index in [1.807, 2.05) is 0 Å². The lowest BCUT2D eigenvalue weighted by Gasteiger charge is -2.16. The van der Waals surface area contributed by atoms with Crippen molar-refractivity contribution in [3.8, 4) is 40.1 Å². The summed E-state index contributed by atoms with van der Waals surface area (Å²) in [6.07, 6.45) is 0. The quantitative estimate of drug-likeness (QED) is 0.101. The third-order valence-corrected chi connectivity index (χ3v) is 5.55. The number of benzene rings is 2. The van der Waals surface area contributed by atoms with Gasteiger partial charge in [-0.1, -0.05) is 0 Å². The fraction of sp³-hybridized carbons (Fsp3) is 0.355. The van der Waals surface area contributed by atoms with Gasteiger partial charge in [0, 0.05) is 52.3 Å². The first-order chi connectivity index (χ1) is 21.8. The summed E-state index contributed by atoms with van der Waals surface area (Å²) in [5.41, 5.74) is -0.746. The third kappa shape index (κ3) is 10.2. The first kappa shape index (κ1) is 34.9. The summed E-state index contributed by atoms with van der Waals surface area (Å²) >= 11 is 0. The lowest BCUT2D eigenvalue weighted by atomic mass is 10.1. The number of hydrogen-bond donors (Lipinski definition) is 0. The average molecular weight is 645 g/mol. The van der Waals surface area contributed by atoms with Crippen LogP contribution in [0.2, 0.25) is 0 Å². The Morgan fingerprint density at radius 1 is 0.587 bits per heavy atom. The summed E-state index contributed by atoms with van der Waals surface area (Å²) in [6.45, 7) is 5.56. The number of ether oxygens (including phenoxy) is 8. The van der Waals surface area contributed by atoms with Crippen molar-refractivity contribution in [2.24, 2.45) is 0 Å². The summed E-state index contributed by atoms with van der Waals surface area (Å²) in [6, 6.07) is 7.01. The van der Waals surface area contributed by atoms with Crippen molar-refractivity contribution in [2.45, 2.75) is 34.6 Å². The van der Waals surface area contributed by atoms with Crippen molar-refractivity contribution in [1.29, 1.82) is 0 Å². The molecular formula is C31H32O15. The predicted molar refractivity (Wildman–Crippen MR) is 157 cm³/mol. The predicted octanol–water partition coefficient (Wildman–Crippen LogP) is 3.14. The Morgan fingerprint density at radius 2 is 1.13 bits per heavy atom. The van der Waals surface area contributed by atoms with E-state index in [9.17, 15) is 28.8 Å². The molecule has 3 aromatic rings. The highest BCUT2D eigenvalue weighted by molar-refractivity contribution is 5.91. The lowest BCUT2D eigenvalue weighted by Crippen LogP contribution is -2.15. The summed E-state index contributed by atoms with van der Waals surface area (Å²) in [4.78, 5) is 71.1. The molecule has 15 heteroatoms. The number of carbonyl (C=O) groups excluding carboxylic acids is 5. The minimum absolute atomic E-state index is 0.0256. The highest BCUT2D eigenvalue weighted by Crippen LogP contribution is 2.39. The van der Waals surface area contributed by atoms with E-state index in [0.717, 1.165) is 13.8 Å². The van der Waals surface area contributed by atoms with Gasteiger partial charge < -0.3 is 42.3 Å². The Balaban J connectivity index is 2.14. The van der Waals surface area contributed by atoms with Gasteiger partial charge in [-0.3, -0.25) is 28.8 Å². The SMILES string of the molecule is CC(=O)OCCOc1cc(OC(C)=O)c2c(=O)c(OC(C)=O)c(-c3ccc(OCCOC(C)=O)c(OCCOC(C)=O)c3)oc2c1. The Hall–Kier alpha value is -5.60. The van der Waals surface area contributed by atoms with E-state index < -0.39 is 41.0 Å². The minimum atomic E-state index is -0.840. The van der Waals surface area contributed by atoms with E-state index in [1.165, 1.54) is 51.1 Å². The Kier molecular flexibility index (Phi) is 12.5. The topological polar surface area (TPSA) is 189 Å². The van der Waals surface area contributed by atoms with Crippen molar-refractivity contribution in [3.63, 3.8) is 0 Å². The van der Waals surface area contributed by atoms with Crippen LogP contribution in [0.15, 0.2) is 39.5 Å². The maximum Gasteiger partial charge on any atom is 0.308 e. The first-order valence-corrected chi connectivity index (χ1v) is 13.8. The molecule has 0 aliphatic carbocycles. The van der Waals surface area contributed by atoms with E-state index in [-0.39, 0.29) is 84.9 Å². The van der Waals surface area contributed by atoms with Crippen LogP contribution in [0.4, 0.5) is 0 Å². The standard InChI is InChI=1S/C31H32O15/c1-17(32)38-8-11-41-23-15-26(44-20(4)35)28-27(16-23)46-30(31(29(28)37)45-21(5)36)22-6-7-24(42-12-9-39-18(2)33)25(14-22)43-13-10-40-19(3)34/h6-7,14-16H,8-13H2,1-5H3. The zero-order chi connectivity index (χ0) is 33.8. The van der Waals surface area contributed by atoms with E-state index in [0.29, 0.717) is 0 Å². The molecule has 0 fully saturated rings. The number of esters is 5. The molecule has 2 aromatic carbocycles. The third-order valence-electron chi connectivity index (χ3n) is 5.55. The zero-order valence-electron chi connectivity index (χ0n) is 25.8. The molecule has 0 bridgehead atoms. The normalized spacial score (nSPS) is 10.5. The van der Waals surface area contributed by atoms with Gasteiger partial charge in [0.1, 0.15) is 62.1 Å². The fourth-order valence-electron chi connectivity index (χ4n) is 3.89. The van der Waals surface area contributed by atoms with Crippen LogP contribution in [-0.2, 0) is 38.2 Å². The van der Waals surface area contributed by atoms with Crippen LogP contribution in [-0.4, -0.2) is 69.5 Å². The van der Waals surface area contributed by atoms with Crippen molar-refractivity contribution in [3.05, 3.63) is 40.6 Å². The number of hydrogen-bond acceptors (Lipinski definition) is 15. The highest BCUT2D eigenvalue weighted by Gasteiger charge is 2.25. The zero-order valence-corrected chi connectivity index (χ0v) is 25.8. The first-order valence-electron chi connectivity index (χ1n) is 13.8. The smallest absolute Gasteiger partial charge is 0.308 e. The molecule has 0 radical (unpaired) electrons. The van der Waals surface area contributed by atoms with Gasteiger partial charge in [-0.25, -0.2) is 0 Å². The van der Waals surface area contributed by atoms with Crippen LogP contribution in [0.3, 0.4) is 0 Å². The van der Waals surface area contributed by atoms with Gasteiger partial charge in [0.05, 0.1) is 0 Å². The monoisotopic (exact) mass is 644 g/mol. The van der Waals surface area contributed by atoms with Gasteiger partial charge in [-0.15, -0.1) is 0 Å². The molecular weight excluding hydrogens is 612 g/mol. The Morgan fingerprint density at radius 3 is 1.67 bits per heavy atom. The van der Waals surface area contributed by atoms with E-state index in [4.69, 9.17) is 42.3 Å². The van der Waals surface area contributed by atoms with Crippen LogP contribution < -0.4 is 29.1 Å². The van der Waals surface area contributed by atoms with Gasteiger partial charge in [-0.2, -0.15) is 0 Å². The second-order valence-electron chi connectivity index (χ2n) is 9.30. The van der Waals surface area contributed by atoms with Crippen LogP contribution >= 0.6 is 0 Å². The molecule has 1 heterocycles. The van der Waals surface area contributed by atoms with Gasteiger partial charge in [0.15, 0.2) is 17.3 Å². The molecule has 0 amide bonds. The molecule has 0 atom stereocenters. The molecule has 46 heavy (non-hydrogen) atoms. The summed E-state index contributed by atoms with van der Waals surface area (Å²) in [5.74, 6) is -3.61. The molecule has 0 aliphatic heterocycles. The fourth-order valence-corrected chi connectivity index (χ4v) is 3.89. The molecule has 0 unspecified atom stereocenters. The minimum Gasteiger partial charge on any atom is -0.490 e. The largest absolute Gasteiger partial charge is 0.490 e. The van der Waals surface area contributed by atoms with Gasteiger partial charge in [0.25, 0.3) is 0 Å². The van der Waals surface area contributed by atoms with Crippen molar-refractivity contribution in [2.75, 3.05) is 39.6 Å². The maximum atomic E-state index is 13.8. The molecule has 0 N–H and O–H groups in total. The average Bonchev–Trinajstić information content (AvgIpc) is 2.96. The number of rotatable bonds is 15. The summed E-state index contributed by atoms with van der Waals surface area (Å²) < 4.78 is 48.4. The van der Waals surface area contributed by atoms with Crippen LogP contribution in [0.5, 0.6) is 28.7 Å². The summed E-state index contributed by atoms with van der Waals surface area (Å²) in [5, 5.41) is -0.217. The van der Waals surface area contributed by atoms with Crippen LogP contribution in [0, 0.1) is 0 Å². The molecule has 3 rings (SSSR count). The molecule has 0 spiro atoms. The van der Waals surface area contributed by atoms with E-state index in [2.05, 4.69) is 0 Å². The van der Waals surface area contributed by atoms with Gasteiger partial charge in [-0.05, 0) is 18.2 Å². The van der Waals surface area contributed by atoms with Crippen molar-refractivity contribution in [1.82, 2.24) is 0 Å². The number of fused-ring (bicyclic) bond motifs is 1. The van der Waals surface area contributed by atoms with Crippen LogP contribution in [0.1, 0.15) is 34.6 Å². The molecule has 0 saturated carbocycles. The number of carbonyl (C=O) groups is 5. The summed E-state index contributed by atoms with van der Waals surface area (Å²) in [7, 11) is 0. The second-order valence-corrected chi connectivity index (χ2v) is 9.30. The highest BCUT2D eigenvalue weighted by atomic mass is 16.6. The van der Waals surface area contributed by atoms with Crippen molar-refractivity contribution >= 4 is 40.8 Å². The Labute approximate surface area is 262 Å². The van der Waals surface area contributed by atoms with Crippen molar-refractivity contribution < 1.29 is 66.3 Å². The molecule has 0 aliphatic rings. The van der Waals surface area contributed by atoms with Crippen LogP contribution in [0.25, 0.3) is 22.3 Å². The van der Waals surface area contributed by atoms with Gasteiger partial charge >= 0.3 is 29.8 Å². The molecule has 15 nitrogen and oxygen atoms in total. The van der Waals surface area contributed by atoms with E-state index >= 15 is 0 Å². The maximum absolute atomic E-state index is 13.8. The molecule has 246 valence electrons. The Bertz CT molecular complexity index is 1670. The van der Waals surface area contributed by atoms with E-state index in [1.54, 1.807) is 0 Å². The van der Waals surface area contributed by atoms with Gasteiger partial charge in [0.2, 0.25) is 11.2 Å².